The molecule has 0 amide bonds. The molecule has 1 unspecified atom stereocenters. The SMILES string of the molecule is CSC1(CN2CCNC(C3CCCCC3)C2)CCCC1. The molecule has 1 heterocycles. The summed E-state index contributed by atoms with van der Waals surface area (Å²) in [5.41, 5.74) is 0. The van der Waals surface area contributed by atoms with Gasteiger partial charge >= 0.3 is 0 Å². The molecule has 0 aromatic carbocycles. The molecule has 1 aliphatic heterocycles. The van der Waals surface area contributed by atoms with E-state index in [4.69, 9.17) is 0 Å². The summed E-state index contributed by atoms with van der Waals surface area (Å²) in [6.07, 6.45) is 15.5. The van der Waals surface area contributed by atoms with Crippen LogP contribution in [0.2, 0.25) is 0 Å². The van der Waals surface area contributed by atoms with E-state index in [1.807, 2.05) is 0 Å². The van der Waals surface area contributed by atoms with Gasteiger partial charge in [-0.05, 0) is 37.9 Å². The Balaban J connectivity index is 1.54. The molecule has 20 heavy (non-hydrogen) atoms. The van der Waals surface area contributed by atoms with Gasteiger partial charge in [0, 0.05) is 37.0 Å². The summed E-state index contributed by atoms with van der Waals surface area (Å²) in [5, 5.41) is 3.83. The molecule has 0 bridgehead atoms. The van der Waals surface area contributed by atoms with Crippen LogP contribution in [0.5, 0.6) is 0 Å². The molecule has 1 atom stereocenters. The number of nitrogens with zero attached hydrogens (tertiary/aromatic N) is 1. The standard InChI is InChI=1S/C17H32N2S/c1-20-17(9-5-6-10-17)14-19-12-11-18-16(13-19)15-7-3-2-4-8-15/h15-16,18H,2-14H2,1H3. The van der Waals surface area contributed by atoms with E-state index in [-0.39, 0.29) is 0 Å². The maximum atomic E-state index is 3.83. The molecular formula is C17H32N2S. The smallest absolute Gasteiger partial charge is 0.0284 e. The molecule has 1 saturated heterocycles. The first-order valence-electron chi connectivity index (χ1n) is 8.82. The van der Waals surface area contributed by atoms with E-state index in [1.54, 1.807) is 0 Å². The van der Waals surface area contributed by atoms with E-state index in [0.29, 0.717) is 4.75 Å². The summed E-state index contributed by atoms with van der Waals surface area (Å²) in [4.78, 5) is 2.79. The van der Waals surface area contributed by atoms with Crippen molar-refractivity contribution in [2.24, 2.45) is 5.92 Å². The lowest BCUT2D eigenvalue weighted by atomic mass is 9.83. The van der Waals surface area contributed by atoms with Gasteiger partial charge in [0.1, 0.15) is 0 Å². The first kappa shape index (κ1) is 15.2. The summed E-state index contributed by atoms with van der Waals surface area (Å²) >= 11 is 2.15. The number of rotatable bonds is 4. The molecular weight excluding hydrogens is 264 g/mol. The topological polar surface area (TPSA) is 15.3 Å². The summed E-state index contributed by atoms with van der Waals surface area (Å²) in [6.45, 7) is 5.14. The summed E-state index contributed by atoms with van der Waals surface area (Å²) in [5.74, 6) is 0.959. The van der Waals surface area contributed by atoms with Crippen molar-refractivity contribution in [3.8, 4) is 0 Å². The Morgan fingerprint density at radius 1 is 1.10 bits per heavy atom. The summed E-state index contributed by atoms with van der Waals surface area (Å²) in [6, 6.07) is 0.782. The van der Waals surface area contributed by atoms with Crippen molar-refractivity contribution in [1.82, 2.24) is 10.2 Å². The average molecular weight is 297 g/mol. The Bertz CT molecular complexity index is 295. The first-order chi connectivity index (χ1) is 9.81. The zero-order valence-electron chi connectivity index (χ0n) is 13.2. The quantitative estimate of drug-likeness (QED) is 0.854. The van der Waals surface area contributed by atoms with Gasteiger partial charge in [0.2, 0.25) is 0 Å². The predicted molar refractivity (Wildman–Crippen MR) is 89.5 cm³/mol. The lowest BCUT2D eigenvalue weighted by molar-refractivity contribution is 0.136. The van der Waals surface area contributed by atoms with Crippen molar-refractivity contribution in [2.45, 2.75) is 68.6 Å². The molecule has 116 valence electrons. The monoisotopic (exact) mass is 296 g/mol. The Hall–Kier alpha value is 0.270. The number of hydrogen-bond acceptors (Lipinski definition) is 3. The normalized spacial score (nSPS) is 32.5. The predicted octanol–water partition coefficient (Wildman–Crippen LogP) is 3.52. The van der Waals surface area contributed by atoms with E-state index in [0.717, 1.165) is 12.0 Å². The second-order valence-electron chi connectivity index (χ2n) is 7.29. The minimum atomic E-state index is 0.592. The number of piperazine rings is 1. The average Bonchev–Trinajstić information content (AvgIpc) is 2.97. The first-order valence-corrected chi connectivity index (χ1v) is 10.0. The fraction of sp³-hybridized carbons (Fsp3) is 1.00. The number of thioether (sulfide) groups is 1. The van der Waals surface area contributed by atoms with Gasteiger partial charge in [-0.3, -0.25) is 4.90 Å². The molecule has 0 aromatic heterocycles. The van der Waals surface area contributed by atoms with Gasteiger partial charge in [0.25, 0.3) is 0 Å². The van der Waals surface area contributed by atoms with E-state index in [1.165, 1.54) is 84.0 Å². The third-order valence-electron chi connectivity index (χ3n) is 5.97. The molecule has 0 aromatic rings. The fourth-order valence-corrected chi connectivity index (χ4v) is 5.70. The van der Waals surface area contributed by atoms with Crippen molar-refractivity contribution < 1.29 is 0 Å². The largest absolute Gasteiger partial charge is 0.311 e. The zero-order valence-corrected chi connectivity index (χ0v) is 14.0. The van der Waals surface area contributed by atoms with E-state index in [2.05, 4.69) is 28.2 Å². The summed E-state index contributed by atoms with van der Waals surface area (Å²) in [7, 11) is 0. The van der Waals surface area contributed by atoms with Gasteiger partial charge < -0.3 is 5.32 Å². The van der Waals surface area contributed by atoms with Gasteiger partial charge in [0.05, 0.1) is 0 Å². The highest BCUT2D eigenvalue weighted by Gasteiger charge is 2.37. The molecule has 0 spiro atoms. The van der Waals surface area contributed by atoms with Gasteiger partial charge in [-0.2, -0.15) is 11.8 Å². The van der Waals surface area contributed by atoms with E-state index in [9.17, 15) is 0 Å². The van der Waals surface area contributed by atoms with Crippen molar-refractivity contribution in [3.05, 3.63) is 0 Å². The fourth-order valence-electron chi connectivity index (χ4n) is 4.69. The van der Waals surface area contributed by atoms with Crippen LogP contribution in [0.15, 0.2) is 0 Å². The molecule has 3 aliphatic rings. The highest BCUT2D eigenvalue weighted by molar-refractivity contribution is 8.00. The van der Waals surface area contributed by atoms with E-state index >= 15 is 0 Å². The van der Waals surface area contributed by atoms with Crippen LogP contribution in [0.4, 0.5) is 0 Å². The van der Waals surface area contributed by atoms with Crippen LogP contribution in [-0.2, 0) is 0 Å². The third kappa shape index (κ3) is 3.53. The second-order valence-corrected chi connectivity index (χ2v) is 8.56. The molecule has 3 fully saturated rings. The molecule has 0 radical (unpaired) electrons. The highest BCUT2D eigenvalue weighted by atomic mass is 32.2. The molecule has 1 N–H and O–H groups in total. The molecule has 2 saturated carbocycles. The van der Waals surface area contributed by atoms with Crippen LogP contribution in [0.1, 0.15) is 57.8 Å². The minimum absolute atomic E-state index is 0.592. The maximum Gasteiger partial charge on any atom is 0.0284 e. The van der Waals surface area contributed by atoms with Crippen LogP contribution in [0.3, 0.4) is 0 Å². The van der Waals surface area contributed by atoms with Crippen molar-refractivity contribution in [2.75, 3.05) is 32.4 Å². The number of nitrogens with one attached hydrogen (secondary N) is 1. The Morgan fingerprint density at radius 3 is 2.55 bits per heavy atom. The van der Waals surface area contributed by atoms with Crippen LogP contribution >= 0.6 is 11.8 Å². The van der Waals surface area contributed by atoms with Gasteiger partial charge in [0.15, 0.2) is 0 Å². The lowest BCUT2D eigenvalue weighted by Gasteiger charge is -2.42. The van der Waals surface area contributed by atoms with Crippen LogP contribution in [0, 0.1) is 5.92 Å². The zero-order chi connectivity index (χ0) is 13.8. The maximum absolute atomic E-state index is 3.83. The Labute approximate surface area is 129 Å². The number of hydrogen-bond donors (Lipinski definition) is 1. The molecule has 3 heteroatoms. The van der Waals surface area contributed by atoms with Crippen LogP contribution in [-0.4, -0.2) is 48.1 Å². The molecule has 3 rings (SSSR count). The Kier molecular flexibility index (Phi) is 5.33. The van der Waals surface area contributed by atoms with Crippen LogP contribution < -0.4 is 5.32 Å². The van der Waals surface area contributed by atoms with Gasteiger partial charge in [-0.15, -0.1) is 0 Å². The van der Waals surface area contributed by atoms with Crippen LogP contribution in [0.25, 0.3) is 0 Å². The van der Waals surface area contributed by atoms with E-state index < -0.39 is 0 Å². The van der Waals surface area contributed by atoms with Gasteiger partial charge in [-0.25, -0.2) is 0 Å². The minimum Gasteiger partial charge on any atom is -0.311 e. The van der Waals surface area contributed by atoms with Gasteiger partial charge in [-0.1, -0.05) is 32.1 Å². The molecule has 2 nitrogen and oxygen atoms in total. The lowest BCUT2D eigenvalue weighted by Crippen LogP contribution is -2.56. The van der Waals surface area contributed by atoms with Crippen molar-refractivity contribution in [1.29, 1.82) is 0 Å². The molecule has 2 aliphatic carbocycles. The Morgan fingerprint density at radius 2 is 1.85 bits per heavy atom. The second kappa shape index (κ2) is 7.02. The summed E-state index contributed by atoms with van der Waals surface area (Å²) < 4.78 is 0.592. The third-order valence-corrected chi connectivity index (χ3v) is 7.37. The van der Waals surface area contributed by atoms with Crippen molar-refractivity contribution in [3.63, 3.8) is 0 Å². The highest BCUT2D eigenvalue weighted by Crippen LogP contribution is 2.41. The van der Waals surface area contributed by atoms with Crippen molar-refractivity contribution >= 4 is 11.8 Å².